The maximum Gasteiger partial charge on any atom is 0.305 e. The third-order valence-corrected chi connectivity index (χ3v) is 3.08. The lowest BCUT2D eigenvalue weighted by Gasteiger charge is -2.26. The van der Waals surface area contributed by atoms with Gasteiger partial charge in [-0.05, 0) is 25.2 Å². The number of hydrogen-bond donors (Lipinski definition) is 1. The van der Waals surface area contributed by atoms with Crippen molar-refractivity contribution < 1.29 is 14.3 Å². The van der Waals surface area contributed by atoms with Crippen molar-refractivity contribution in [1.29, 1.82) is 0 Å². The number of amides is 1. The molecule has 1 amide bonds. The molecular weight excluding hydrogens is 230 g/mol. The second-order valence-electron chi connectivity index (χ2n) is 5.56. The zero-order valence-corrected chi connectivity index (χ0v) is 12.3. The molecule has 0 aliphatic rings. The summed E-state index contributed by atoms with van der Waals surface area (Å²) in [6, 6.07) is 0. The predicted octanol–water partition coefficient (Wildman–Crippen LogP) is 2.52. The van der Waals surface area contributed by atoms with E-state index in [0.717, 1.165) is 25.8 Å². The maximum absolute atomic E-state index is 12.0. The van der Waals surface area contributed by atoms with E-state index in [1.165, 1.54) is 7.11 Å². The minimum atomic E-state index is -0.384. The molecule has 0 aromatic rings. The van der Waals surface area contributed by atoms with Crippen LogP contribution in [0.5, 0.6) is 0 Å². The Hall–Kier alpha value is -1.06. The molecule has 0 spiro atoms. The molecule has 1 N–H and O–H groups in total. The monoisotopic (exact) mass is 257 g/mol. The third-order valence-electron chi connectivity index (χ3n) is 3.08. The van der Waals surface area contributed by atoms with Crippen LogP contribution in [0.3, 0.4) is 0 Å². The van der Waals surface area contributed by atoms with Crippen molar-refractivity contribution in [1.82, 2.24) is 5.32 Å². The Balaban J connectivity index is 4.13. The molecule has 0 aromatic heterocycles. The highest BCUT2D eigenvalue weighted by Gasteiger charge is 2.29. The van der Waals surface area contributed by atoms with E-state index in [4.69, 9.17) is 0 Å². The molecule has 0 heterocycles. The lowest BCUT2D eigenvalue weighted by atomic mass is 9.81. The van der Waals surface area contributed by atoms with E-state index in [9.17, 15) is 9.59 Å². The summed E-state index contributed by atoms with van der Waals surface area (Å²) < 4.78 is 4.61. The van der Waals surface area contributed by atoms with Gasteiger partial charge in [-0.2, -0.15) is 0 Å². The van der Waals surface area contributed by atoms with E-state index in [1.54, 1.807) is 0 Å². The van der Waals surface area contributed by atoms with Crippen LogP contribution in [-0.4, -0.2) is 25.5 Å². The Labute approximate surface area is 110 Å². The summed E-state index contributed by atoms with van der Waals surface area (Å²) in [4.78, 5) is 23.0. The molecule has 0 aromatic carbocycles. The van der Waals surface area contributed by atoms with Gasteiger partial charge in [0, 0.05) is 18.4 Å². The standard InChI is InChI=1S/C14H27NO3/c1-6-9-15-13(17)14(3,4)10-11(2)7-8-12(16)18-5/h11H,6-10H2,1-5H3,(H,15,17). The molecule has 0 aliphatic heterocycles. The average Bonchev–Trinajstić information content (AvgIpc) is 2.32. The lowest BCUT2D eigenvalue weighted by molar-refractivity contribution is -0.140. The first kappa shape index (κ1) is 16.9. The molecule has 0 saturated carbocycles. The highest BCUT2D eigenvalue weighted by atomic mass is 16.5. The number of hydrogen-bond acceptors (Lipinski definition) is 3. The van der Waals surface area contributed by atoms with Gasteiger partial charge < -0.3 is 10.1 Å². The Kier molecular flexibility index (Phi) is 7.64. The summed E-state index contributed by atoms with van der Waals surface area (Å²) in [7, 11) is 1.40. The smallest absolute Gasteiger partial charge is 0.305 e. The van der Waals surface area contributed by atoms with Gasteiger partial charge in [0.05, 0.1) is 7.11 Å². The van der Waals surface area contributed by atoms with Crippen LogP contribution in [0.1, 0.15) is 53.4 Å². The second-order valence-corrected chi connectivity index (χ2v) is 5.56. The molecule has 0 radical (unpaired) electrons. The molecule has 4 nitrogen and oxygen atoms in total. The van der Waals surface area contributed by atoms with E-state index in [-0.39, 0.29) is 17.3 Å². The number of carbonyl (C=O) groups is 2. The minimum Gasteiger partial charge on any atom is -0.469 e. The first-order chi connectivity index (χ1) is 8.33. The second kappa shape index (κ2) is 8.11. The van der Waals surface area contributed by atoms with Gasteiger partial charge in [0.25, 0.3) is 0 Å². The van der Waals surface area contributed by atoms with Crippen molar-refractivity contribution in [3.8, 4) is 0 Å². The number of carbonyl (C=O) groups excluding carboxylic acids is 2. The Morgan fingerprint density at radius 3 is 2.44 bits per heavy atom. The van der Waals surface area contributed by atoms with Crippen LogP contribution in [0.4, 0.5) is 0 Å². The molecule has 0 aliphatic carbocycles. The lowest BCUT2D eigenvalue weighted by Crippen LogP contribution is -2.38. The Morgan fingerprint density at radius 2 is 1.94 bits per heavy atom. The minimum absolute atomic E-state index is 0.0919. The highest BCUT2D eigenvalue weighted by molar-refractivity contribution is 5.81. The molecule has 0 bridgehead atoms. The van der Waals surface area contributed by atoms with Gasteiger partial charge in [0.2, 0.25) is 5.91 Å². The fourth-order valence-corrected chi connectivity index (χ4v) is 2.01. The van der Waals surface area contributed by atoms with Crippen LogP contribution in [0.15, 0.2) is 0 Å². The molecule has 18 heavy (non-hydrogen) atoms. The van der Waals surface area contributed by atoms with Gasteiger partial charge in [0.15, 0.2) is 0 Å². The zero-order valence-electron chi connectivity index (χ0n) is 12.3. The first-order valence-electron chi connectivity index (χ1n) is 6.68. The maximum atomic E-state index is 12.0. The van der Waals surface area contributed by atoms with Gasteiger partial charge in [-0.3, -0.25) is 9.59 Å². The van der Waals surface area contributed by atoms with E-state index in [0.29, 0.717) is 12.3 Å². The summed E-state index contributed by atoms with van der Waals surface area (Å²) in [5.41, 5.74) is -0.384. The molecule has 106 valence electrons. The van der Waals surface area contributed by atoms with Gasteiger partial charge in [0.1, 0.15) is 0 Å². The highest BCUT2D eigenvalue weighted by Crippen LogP contribution is 2.28. The molecular formula is C14H27NO3. The summed E-state index contributed by atoms with van der Waals surface area (Å²) in [5, 5.41) is 2.92. The topological polar surface area (TPSA) is 55.4 Å². The molecule has 0 fully saturated rings. The van der Waals surface area contributed by atoms with E-state index < -0.39 is 0 Å². The van der Waals surface area contributed by atoms with Crippen molar-refractivity contribution in [3.63, 3.8) is 0 Å². The van der Waals surface area contributed by atoms with Crippen LogP contribution >= 0.6 is 0 Å². The number of esters is 1. The van der Waals surface area contributed by atoms with Crippen LogP contribution in [0, 0.1) is 11.3 Å². The van der Waals surface area contributed by atoms with Gasteiger partial charge >= 0.3 is 5.97 Å². The largest absolute Gasteiger partial charge is 0.469 e. The van der Waals surface area contributed by atoms with Crippen LogP contribution in [0.25, 0.3) is 0 Å². The van der Waals surface area contributed by atoms with Crippen molar-refractivity contribution in [3.05, 3.63) is 0 Å². The van der Waals surface area contributed by atoms with Gasteiger partial charge in [-0.15, -0.1) is 0 Å². The van der Waals surface area contributed by atoms with E-state index >= 15 is 0 Å². The van der Waals surface area contributed by atoms with Crippen LogP contribution in [0.2, 0.25) is 0 Å². The SMILES string of the molecule is CCCNC(=O)C(C)(C)CC(C)CCC(=O)OC. The van der Waals surface area contributed by atoms with Crippen molar-refractivity contribution in [2.75, 3.05) is 13.7 Å². The number of nitrogens with one attached hydrogen (secondary N) is 1. The van der Waals surface area contributed by atoms with Crippen molar-refractivity contribution >= 4 is 11.9 Å². The first-order valence-corrected chi connectivity index (χ1v) is 6.68. The number of ether oxygens (including phenoxy) is 1. The fraction of sp³-hybridized carbons (Fsp3) is 0.857. The normalized spacial score (nSPS) is 12.9. The molecule has 0 rings (SSSR count). The fourth-order valence-electron chi connectivity index (χ4n) is 2.01. The summed E-state index contributed by atoms with van der Waals surface area (Å²) in [5.74, 6) is 0.232. The average molecular weight is 257 g/mol. The molecule has 0 saturated heterocycles. The third kappa shape index (κ3) is 6.62. The molecule has 1 atom stereocenters. The van der Waals surface area contributed by atoms with Gasteiger partial charge in [-0.25, -0.2) is 0 Å². The quantitative estimate of drug-likeness (QED) is 0.680. The van der Waals surface area contributed by atoms with Gasteiger partial charge in [-0.1, -0.05) is 27.7 Å². The summed E-state index contributed by atoms with van der Waals surface area (Å²) in [6.07, 6.45) is 2.90. The number of rotatable bonds is 8. The van der Waals surface area contributed by atoms with Crippen LogP contribution < -0.4 is 5.32 Å². The predicted molar refractivity (Wildman–Crippen MR) is 72.1 cm³/mol. The number of methoxy groups -OCH3 is 1. The molecule has 4 heteroatoms. The van der Waals surface area contributed by atoms with Crippen molar-refractivity contribution in [2.45, 2.75) is 53.4 Å². The zero-order chi connectivity index (χ0) is 14.2. The van der Waals surface area contributed by atoms with Crippen LogP contribution in [-0.2, 0) is 14.3 Å². The Morgan fingerprint density at radius 1 is 1.33 bits per heavy atom. The van der Waals surface area contributed by atoms with Crippen molar-refractivity contribution in [2.24, 2.45) is 11.3 Å². The Bertz CT molecular complexity index is 274. The molecule has 1 unspecified atom stereocenters. The van der Waals surface area contributed by atoms with E-state index in [2.05, 4.69) is 17.0 Å². The summed E-state index contributed by atoms with van der Waals surface area (Å²) >= 11 is 0. The van der Waals surface area contributed by atoms with E-state index in [1.807, 2.05) is 20.8 Å². The summed E-state index contributed by atoms with van der Waals surface area (Å²) in [6.45, 7) is 8.72.